The van der Waals surface area contributed by atoms with Gasteiger partial charge >= 0.3 is 0 Å². The van der Waals surface area contributed by atoms with Gasteiger partial charge in [-0.2, -0.15) is 0 Å². The lowest BCUT2D eigenvalue weighted by Crippen LogP contribution is -2.30. The molecule has 1 aromatic rings. The van der Waals surface area contributed by atoms with Crippen molar-refractivity contribution >= 4 is 5.84 Å². The molecule has 1 aliphatic carbocycles. The number of rotatable bonds is 6. The van der Waals surface area contributed by atoms with Crippen molar-refractivity contribution in [3.63, 3.8) is 0 Å². The van der Waals surface area contributed by atoms with E-state index < -0.39 is 0 Å². The summed E-state index contributed by atoms with van der Waals surface area (Å²) in [6.45, 7) is 5.20. The quantitative estimate of drug-likeness (QED) is 0.319. The number of nitrogens with two attached hydrogens (primary N) is 1. The van der Waals surface area contributed by atoms with E-state index in [1.807, 2.05) is 0 Å². The van der Waals surface area contributed by atoms with E-state index in [1.165, 1.54) is 11.1 Å². The zero-order valence-corrected chi connectivity index (χ0v) is 11.7. The van der Waals surface area contributed by atoms with Crippen molar-refractivity contribution in [1.82, 2.24) is 5.32 Å². The van der Waals surface area contributed by atoms with Gasteiger partial charge in [0.1, 0.15) is 5.84 Å². The summed E-state index contributed by atoms with van der Waals surface area (Å²) < 4.78 is 0. The summed E-state index contributed by atoms with van der Waals surface area (Å²) in [7, 11) is 0. The highest BCUT2D eigenvalue weighted by molar-refractivity contribution is 5.80. The molecule has 0 unspecified atom stereocenters. The summed E-state index contributed by atoms with van der Waals surface area (Å²) in [6.07, 6.45) is 2.98. The zero-order chi connectivity index (χ0) is 13.9. The van der Waals surface area contributed by atoms with E-state index in [0.717, 1.165) is 19.4 Å². The average Bonchev–Trinajstić information content (AvgIpc) is 3.16. The standard InChI is InChI=1S/C15H23N3O/c1-11-4-3-5-13(8-11)12(2)17-10-15(6-7-15)9-14(16)18-19/h3-5,8,12,17,19H,6-7,9-10H2,1-2H3,(H2,16,18)/t12-/m0/s1. The molecule has 0 heterocycles. The van der Waals surface area contributed by atoms with Gasteiger partial charge in [-0.3, -0.25) is 0 Å². The number of nitrogens with one attached hydrogen (secondary N) is 1. The normalized spacial score (nSPS) is 19.2. The first kappa shape index (κ1) is 13.9. The molecule has 4 heteroatoms. The maximum Gasteiger partial charge on any atom is 0.139 e. The van der Waals surface area contributed by atoms with Crippen molar-refractivity contribution in [1.29, 1.82) is 0 Å². The molecule has 4 N–H and O–H groups in total. The fourth-order valence-corrected chi connectivity index (χ4v) is 2.44. The maximum atomic E-state index is 8.65. The van der Waals surface area contributed by atoms with Crippen LogP contribution >= 0.6 is 0 Å². The Morgan fingerprint density at radius 1 is 1.53 bits per heavy atom. The second-order valence-electron chi connectivity index (χ2n) is 5.78. The van der Waals surface area contributed by atoms with Crippen LogP contribution in [0.2, 0.25) is 0 Å². The molecular weight excluding hydrogens is 238 g/mol. The largest absolute Gasteiger partial charge is 0.409 e. The molecule has 0 saturated heterocycles. The zero-order valence-electron chi connectivity index (χ0n) is 11.7. The van der Waals surface area contributed by atoms with Crippen LogP contribution in [0, 0.1) is 12.3 Å². The first-order valence-corrected chi connectivity index (χ1v) is 6.81. The highest BCUT2D eigenvalue weighted by Crippen LogP contribution is 2.48. The molecule has 2 rings (SSSR count). The van der Waals surface area contributed by atoms with Crippen LogP contribution in [0.4, 0.5) is 0 Å². The van der Waals surface area contributed by atoms with Gasteiger partial charge in [-0.25, -0.2) is 0 Å². The smallest absolute Gasteiger partial charge is 0.139 e. The predicted octanol–water partition coefficient (Wildman–Crippen LogP) is 2.56. The van der Waals surface area contributed by atoms with Crippen LogP contribution in [0.1, 0.15) is 43.4 Å². The SMILES string of the molecule is Cc1cccc([C@H](C)NCC2(C/C(N)=N/O)CC2)c1. The molecular formula is C15H23N3O. The van der Waals surface area contributed by atoms with Crippen molar-refractivity contribution < 1.29 is 5.21 Å². The average molecular weight is 261 g/mol. The second-order valence-corrected chi connectivity index (χ2v) is 5.78. The van der Waals surface area contributed by atoms with Gasteiger partial charge in [0, 0.05) is 19.0 Å². The summed E-state index contributed by atoms with van der Waals surface area (Å²) in [5.41, 5.74) is 8.40. The van der Waals surface area contributed by atoms with Crippen molar-refractivity contribution in [3.8, 4) is 0 Å². The molecule has 0 radical (unpaired) electrons. The van der Waals surface area contributed by atoms with Gasteiger partial charge < -0.3 is 16.3 Å². The van der Waals surface area contributed by atoms with Gasteiger partial charge in [-0.1, -0.05) is 35.0 Å². The van der Waals surface area contributed by atoms with Crippen LogP contribution in [-0.2, 0) is 0 Å². The summed E-state index contributed by atoms with van der Waals surface area (Å²) in [5.74, 6) is 0.336. The number of hydrogen-bond acceptors (Lipinski definition) is 3. The lowest BCUT2D eigenvalue weighted by atomic mass is 10.00. The number of benzene rings is 1. The monoisotopic (exact) mass is 261 g/mol. The first-order valence-electron chi connectivity index (χ1n) is 6.81. The van der Waals surface area contributed by atoms with Crippen LogP contribution in [0.15, 0.2) is 29.4 Å². The molecule has 0 amide bonds. The van der Waals surface area contributed by atoms with E-state index in [2.05, 4.69) is 48.6 Å². The lowest BCUT2D eigenvalue weighted by molar-refractivity contribution is 0.313. The molecule has 1 aliphatic rings. The molecule has 0 aromatic heterocycles. The van der Waals surface area contributed by atoms with E-state index in [1.54, 1.807) is 0 Å². The van der Waals surface area contributed by atoms with Gasteiger partial charge in [0.25, 0.3) is 0 Å². The maximum absolute atomic E-state index is 8.65. The number of oxime groups is 1. The van der Waals surface area contributed by atoms with Crippen LogP contribution in [-0.4, -0.2) is 17.6 Å². The predicted molar refractivity (Wildman–Crippen MR) is 77.3 cm³/mol. The number of nitrogens with zero attached hydrogens (tertiary/aromatic N) is 1. The summed E-state index contributed by atoms with van der Waals surface area (Å²) in [6, 6.07) is 8.88. The highest BCUT2D eigenvalue weighted by atomic mass is 16.4. The fraction of sp³-hybridized carbons (Fsp3) is 0.533. The topological polar surface area (TPSA) is 70.6 Å². The molecule has 0 bridgehead atoms. The van der Waals surface area contributed by atoms with Crippen LogP contribution in [0.3, 0.4) is 0 Å². The van der Waals surface area contributed by atoms with E-state index in [9.17, 15) is 0 Å². The minimum Gasteiger partial charge on any atom is -0.409 e. The molecule has 1 atom stereocenters. The lowest BCUT2D eigenvalue weighted by Gasteiger charge is -2.20. The fourth-order valence-electron chi connectivity index (χ4n) is 2.44. The highest BCUT2D eigenvalue weighted by Gasteiger charge is 2.43. The van der Waals surface area contributed by atoms with Crippen molar-refractivity contribution in [2.75, 3.05) is 6.54 Å². The Hall–Kier alpha value is -1.55. The molecule has 104 valence electrons. The Kier molecular flexibility index (Phi) is 4.10. The van der Waals surface area contributed by atoms with Crippen LogP contribution in [0.5, 0.6) is 0 Å². The van der Waals surface area contributed by atoms with Gasteiger partial charge in [0.05, 0.1) is 0 Å². The Morgan fingerprint density at radius 3 is 2.84 bits per heavy atom. The third kappa shape index (κ3) is 3.70. The Balaban J connectivity index is 1.89. The van der Waals surface area contributed by atoms with Crippen molar-refractivity contribution in [2.24, 2.45) is 16.3 Å². The third-order valence-electron chi connectivity index (χ3n) is 3.97. The molecule has 1 aromatic carbocycles. The Labute approximate surface area is 114 Å². The molecule has 1 saturated carbocycles. The molecule has 0 aliphatic heterocycles. The number of amidine groups is 1. The van der Waals surface area contributed by atoms with E-state index >= 15 is 0 Å². The van der Waals surface area contributed by atoms with Gasteiger partial charge in [-0.05, 0) is 37.7 Å². The van der Waals surface area contributed by atoms with Crippen molar-refractivity contribution in [3.05, 3.63) is 35.4 Å². The van der Waals surface area contributed by atoms with E-state index in [-0.39, 0.29) is 5.41 Å². The van der Waals surface area contributed by atoms with Crippen LogP contribution < -0.4 is 11.1 Å². The van der Waals surface area contributed by atoms with Gasteiger partial charge in [-0.15, -0.1) is 0 Å². The van der Waals surface area contributed by atoms with Crippen LogP contribution in [0.25, 0.3) is 0 Å². The Bertz CT molecular complexity index is 466. The first-order chi connectivity index (χ1) is 9.04. The molecule has 4 nitrogen and oxygen atoms in total. The van der Waals surface area contributed by atoms with Gasteiger partial charge in [0.2, 0.25) is 0 Å². The Morgan fingerprint density at radius 2 is 2.26 bits per heavy atom. The summed E-state index contributed by atoms with van der Waals surface area (Å²) >= 11 is 0. The molecule has 19 heavy (non-hydrogen) atoms. The number of aryl methyl sites for hydroxylation is 1. The second kappa shape index (κ2) is 5.61. The number of hydrogen-bond donors (Lipinski definition) is 3. The molecule has 0 spiro atoms. The minimum atomic E-state index is 0.203. The summed E-state index contributed by atoms with van der Waals surface area (Å²) in [4.78, 5) is 0. The molecule has 1 fully saturated rings. The minimum absolute atomic E-state index is 0.203. The van der Waals surface area contributed by atoms with E-state index in [4.69, 9.17) is 10.9 Å². The third-order valence-corrected chi connectivity index (χ3v) is 3.97. The van der Waals surface area contributed by atoms with E-state index in [0.29, 0.717) is 18.3 Å². The summed E-state index contributed by atoms with van der Waals surface area (Å²) in [5, 5.41) is 15.3. The van der Waals surface area contributed by atoms with Gasteiger partial charge in [0.15, 0.2) is 0 Å². The van der Waals surface area contributed by atoms with Crippen molar-refractivity contribution in [2.45, 2.75) is 39.2 Å².